The van der Waals surface area contributed by atoms with Gasteiger partial charge in [0.1, 0.15) is 11.3 Å². The number of carbonyl (C=O) groups excluding carboxylic acids is 1. The Morgan fingerprint density at radius 2 is 2.16 bits per heavy atom. The number of hydrogen-bond acceptors (Lipinski definition) is 2. The number of halogens is 2. The lowest BCUT2D eigenvalue weighted by molar-refractivity contribution is -0.128. The van der Waals surface area contributed by atoms with Crippen LogP contribution >= 0.6 is 23.2 Å². The topological polar surface area (TPSA) is 38.1 Å². The second-order valence-electron chi connectivity index (χ2n) is 4.46. The van der Waals surface area contributed by atoms with Gasteiger partial charge in [-0.25, -0.2) is 4.98 Å². The summed E-state index contributed by atoms with van der Waals surface area (Å²) in [6, 6.07) is 5.60. The fraction of sp³-hybridized carbons (Fsp3) is 0.385. The van der Waals surface area contributed by atoms with Gasteiger partial charge in [-0.15, -0.1) is 11.6 Å². The Balaban J connectivity index is 2.36. The predicted molar refractivity (Wildman–Crippen MR) is 77.6 cm³/mol. The fourth-order valence-corrected chi connectivity index (χ4v) is 2.36. The summed E-state index contributed by atoms with van der Waals surface area (Å²) in [5, 5.41) is 0.599. The maximum absolute atomic E-state index is 11.7. The minimum absolute atomic E-state index is 0.0735. The largest absolute Gasteiger partial charge is 0.349 e. The summed E-state index contributed by atoms with van der Waals surface area (Å²) in [6.45, 7) is 0.551. The van der Waals surface area contributed by atoms with Crippen LogP contribution in [0.1, 0.15) is 12.2 Å². The molecule has 0 N–H and O–H groups in total. The van der Waals surface area contributed by atoms with Crippen LogP contribution in [0, 0.1) is 0 Å². The molecular weight excluding hydrogens is 285 g/mol. The molecule has 0 aliphatic heterocycles. The molecule has 0 spiro atoms. The zero-order valence-corrected chi connectivity index (χ0v) is 12.4. The number of alkyl halides is 1. The van der Waals surface area contributed by atoms with E-state index in [9.17, 15) is 4.79 Å². The Hall–Kier alpha value is -1.26. The van der Waals surface area contributed by atoms with E-state index in [4.69, 9.17) is 23.2 Å². The summed E-state index contributed by atoms with van der Waals surface area (Å²) < 4.78 is 1.95. The van der Waals surface area contributed by atoms with Gasteiger partial charge < -0.3 is 9.47 Å². The molecule has 2 aromatic rings. The number of aryl methyl sites for hydroxylation is 1. The van der Waals surface area contributed by atoms with Gasteiger partial charge in [0.2, 0.25) is 5.91 Å². The van der Waals surface area contributed by atoms with Gasteiger partial charge in [0.15, 0.2) is 0 Å². The first-order chi connectivity index (χ1) is 9.04. The maximum atomic E-state index is 11.7. The molecule has 0 saturated carbocycles. The van der Waals surface area contributed by atoms with Crippen LogP contribution in [-0.4, -0.2) is 34.5 Å². The van der Waals surface area contributed by atoms with Crippen LogP contribution < -0.4 is 0 Å². The first-order valence-electron chi connectivity index (χ1n) is 5.94. The SMILES string of the molecule is CN(C)C(=O)CCn1c(CCl)nc2c(Cl)cccc21. The van der Waals surface area contributed by atoms with Gasteiger partial charge in [0.05, 0.1) is 16.4 Å². The molecule has 6 heteroatoms. The number of aromatic nitrogens is 2. The molecule has 0 saturated heterocycles. The van der Waals surface area contributed by atoms with E-state index in [1.165, 1.54) is 0 Å². The molecule has 102 valence electrons. The second-order valence-corrected chi connectivity index (χ2v) is 5.13. The van der Waals surface area contributed by atoms with Gasteiger partial charge in [0.25, 0.3) is 0 Å². The highest BCUT2D eigenvalue weighted by Gasteiger charge is 2.13. The van der Waals surface area contributed by atoms with E-state index in [0.717, 1.165) is 16.9 Å². The van der Waals surface area contributed by atoms with Crippen molar-refractivity contribution in [1.29, 1.82) is 0 Å². The molecule has 2 rings (SSSR count). The minimum Gasteiger partial charge on any atom is -0.349 e. The average molecular weight is 300 g/mol. The number of para-hydroxylation sites is 1. The Kier molecular flexibility index (Phi) is 4.32. The third-order valence-electron chi connectivity index (χ3n) is 2.98. The van der Waals surface area contributed by atoms with Crippen molar-refractivity contribution >= 4 is 40.1 Å². The van der Waals surface area contributed by atoms with E-state index in [1.807, 2.05) is 16.7 Å². The molecule has 1 amide bonds. The lowest BCUT2D eigenvalue weighted by atomic mass is 10.3. The Bertz CT molecular complexity index is 607. The van der Waals surface area contributed by atoms with E-state index in [-0.39, 0.29) is 5.91 Å². The van der Waals surface area contributed by atoms with Crippen molar-refractivity contribution < 1.29 is 4.79 Å². The van der Waals surface area contributed by atoms with Crippen LogP contribution in [0.25, 0.3) is 11.0 Å². The molecule has 1 aromatic carbocycles. The van der Waals surface area contributed by atoms with Gasteiger partial charge in [0, 0.05) is 27.1 Å². The molecule has 0 atom stereocenters. The van der Waals surface area contributed by atoms with E-state index >= 15 is 0 Å². The van der Waals surface area contributed by atoms with Crippen molar-refractivity contribution in [2.45, 2.75) is 18.8 Å². The normalized spacial score (nSPS) is 10.9. The standard InChI is InChI=1S/C13H15Cl2N3O/c1-17(2)12(19)6-7-18-10-5-3-4-9(15)13(10)16-11(18)8-14/h3-5H,6-8H2,1-2H3. The van der Waals surface area contributed by atoms with Crippen molar-refractivity contribution in [3.05, 3.63) is 29.0 Å². The molecule has 1 heterocycles. The number of carbonyl (C=O) groups is 1. The molecule has 0 aliphatic rings. The van der Waals surface area contributed by atoms with E-state index < -0.39 is 0 Å². The van der Waals surface area contributed by atoms with E-state index in [2.05, 4.69) is 4.98 Å². The summed E-state index contributed by atoms with van der Waals surface area (Å²) in [4.78, 5) is 17.7. The van der Waals surface area contributed by atoms with Crippen molar-refractivity contribution in [3.8, 4) is 0 Å². The quantitative estimate of drug-likeness (QED) is 0.814. The molecule has 0 radical (unpaired) electrons. The molecule has 0 fully saturated rings. The summed E-state index contributed by atoms with van der Waals surface area (Å²) in [7, 11) is 3.49. The summed E-state index contributed by atoms with van der Waals surface area (Å²) in [5.41, 5.74) is 1.65. The zero-order chi connectivity index (χ0) is 14.0. The molecule has 4 nitrogen and oxygen atoms in total. The summed E-state index contributed by atoms with van der Waals surface area (Å²) >= 11 is 12.0. The van der Waals surface area contributed by atoms with E-state index in [1.54, 1.807) is 25.1 Å². The molecule has 19 heavy (non-hydrogen) atoms. The number of fused-ring (bicyclic) bond motifs is 1. The monoisotopic (exact) mass is 299 g/mol. The predicted octanol–water partition coefficient (Wildman–Crippen LogP) is 2.91. The number of amides is 1. The molecule has 1 aromatic heterocycles. The first kappa shape index (κ1) is 14.2. The smallest absolute Gasteiger partial charge is 0.223 e. The number of rotatable bonds is 4. The third-order valence-corrected chi connectivity index (χ3v) is 3.52. The molecule has 0 unspecified atom stereocenters. The highest BCUT2D eigenvalue weighted by atomic mass is 35.5. The Morgan fingerprint density at radius 3 is 2.79 bits per heavy atom. The second kappa shape index (κ2) is 5.80. The minimum atomic E-state index is 0.0735. The van der Waals surface area contributed by atoms with Crippen molar-refractivity contribution in [1.82, 2.24) is 14.5 Å². The van der Waals surface area contributed by atoms with Crippen LogP contribution in [0.3, 0.4) is 0 Å². The van der Waals surface area contributed by atoms with Crippen LogP contribution in [0.4, 0.5) is 0 Å². The van der Waals surface area contributed by atoms with Crippen molar-refractivity contribution in [2.24, 2.45) is 0 Å². The average Bonchev–Trinajstić information content (AvgIpc) is 2.75. The van der Waals surface area contributed by atoms with Gasteiger partial charge in [-0.05, 0) is 12.1 Å². The zero-order valence-electron chi connectivity index (χ0n) is 10.9. The molecular formula is C13H15Cl2N3O. The van der Waals surface area contributed by atoms with Crippen LogP contribution in [0.15, 0.2) is 18.2 Å². The lowest BCUT2D eigenvalue weighted by Crippen LogP contribution is -2.23. The van der Waals surface area contributed by atoms with Crippen LogP contribution in [0.2, 0.25) is 5.02 Å². The maximum Gasteiger partial charge on any atom is 0.223 e. The fourth-order valence-electron chi connectivity index (χ4n) is 1.94. The van der Waals surface area contributed by atoms with Crippen LogP contribution in [-0.2, 0) is 17.2 Å². The van der Waals surface area contributed by atoms with Gasteiger partial charge in [-0.2, -0.15) is 0 Å². The van der Waals surface area contributed by atoms with Crippen molar-refractivity contribution in [2.75, 3.05) is 14.1 Å². The number of hydrogen-bond donors (Lipinski definition) is 0. The Morgan fingerprint density at radius 1 is 1.42 bits per heavy atom. The van der Waals surface area contributed by atoms with Gasteiger partial charge >= 0.3 is 0 Å². The first-order valence-corrected chi connectivity index (χ1v) is 6.85. The number of imidazole rings is 1. The third kappa shape index (κ3) is 2.85. The highest BCUT2D eigenvalue weighted by molar-refractivity contribution is 6.35. The Labute approximate surface area is 121 Å². The van der Waals surface area contributed by atoms with Crippen LogP contribution in [0.5, 0.6) is 0 Å². The van der Waals surface area contributed by atoms with Gasteiger partial charge in [-0.3, -0.25) is 4.79 Å². The highest BCUT2D eigenvalue weighted by Crippen LogP contribution is 2.24. The molecule has 0 aliphatic carbocycles. The van der Waals surface area contributed by atoms with Gasteiger partial charge in [-0.1, -0.05) is 17.7 Å². The van der Waals surface area contributed by atoms with Crippen molar-refractivity contribution in [3.63, 3.8) is 0 Å². The number of nitrogens with zero attached hydrogens (tertiary/aromatic N) is 3. The van der Waals surface area contributed by atoms with E-state index in [0.29, 0.717) is 23.9 Å². The summed E-state index contributed by atoms with van der Waals surface area (Å²) in [5.74, 6) is 1.10. The summed E-state index contributed by atoms with van der Waals surface area (Å²) in [6.07, 6.45) is 0.412. The lowest BCUT2D eigenvalue weighted by Gasteiger charge is -2.12. The number of benzene rings is 1. The molecule has 0 bridgehead atoms.